The van der Waals surface area contributed by atoms with Gasteiger partial charge in [0.05, 0.1) is 6.10 Å². The van der Waals surface area contributed by atoms with Gasteiger partial charge < -0.3 is 15.2 Å². The van der Waals surface area contributed by atoms with Gasteiger partial charge in [-0.15, -0.1) is 0 Å². The lowest BCUT2D eigenvalue weighted by atomic mass is 9.95. The van der Waals surface area contributed by atoms with Gasteiger partial charge in [-0.05, 0) is 38.0 Å². The van der Waals surface area contributed by atoms with Crippen LogP contribution in [0.5, 0.6) is 5.75 Å². The molecule has 0 unspecified atom stereocenters. The summed E-state index contributed by atoms with van der Waals surface area (Å²) < 4.78 is 5.53. The van der Waals surface area contributed by atoms with E-state index in [1.54, 1.807) is 25.1 Å². The van der Waals surface area contributed by atoms with Gasteiger partial charge >= 0.3 is 0 Å². The predicted octanol–water partition coefficient (Wildman–Crippen LogP) is 3.22. The maximum Gasteiger partial charge on any atom is 0.258 e. The average Bonchev–Trinajstić information content (AvgIpc) is 2.47. The zero-order valence-electron chi connectivity index (χ0n) is 12.3. The lowest BCUT2D eigenvalue weighted by Gasteiger charge is -2.23. The fourth-order valence-corrected chi connectivity index (χ4v) is 2.82. The van der Waals surface area contributed by atoms with Crippen molar-refractivity contribution < 1.29 is 14.6 Å². The van der Waals surface area contributed by atoms with Crippen LogP contribution < -0.4 is 10.1 Å². The Labute approximate surface area is 130 Å². The van der Waals surface area contributed by atoms with Crippen LogP contribution in [0.2, 0.25) is 5.02 Å². The van der Waals surface area contributed by atoms with Gasteiger partial charge in [0.1, 0.15) is 5.75 Å². The van der Waals surface area contributed by atoms with Crippen molar-refractivity contribution in [3.63, 3.8) is 0 Å². The summed E-state index contributed by atoms with van der Waals surface area (Å²) >= 11 is 5.91. The highest BCUT2D eigenvalue weighted by Gasteiger charge is 2.17. The molecule has 1 aromatic carbocycles. The Morgan fingerprint density at radius 1 is 1.43 bits per heavy atom. The highest BCUT2D eigenvalue weighted by atomic mass is 35.5. The Morgan fingerprint density at radius 2 is 2.14 bits per heavy atom. The van der Waals surface area contributed by atoms with Crippen LogP contribution in [0.1, 0.15) is 50.7 Å². The number of nitrogens with one attached hydrogen (secondary N) is 1. The lowest BCUT2D eigenvalue weighted by Crippen LogP contribution is -2.39. The van der Waals surface area contributed by atoms with Gasteiger partial charge in [0.25, 0.3) is 5.91 Å². The summed E-state index contributed by atoms with van der Waals surface area (Å²) in [5, 5.41) is 13.2. The van der Waals surface area contributed by atoms with Gasteiger partial charge in [-0.2, -0.15) is 0 Å². The number of hydrogen-bond acceptors (Lipinski definition) is 3. The molecular weight excluding hydrogens is 290 g/mol. The quantitative estimate of drug-likeness (QED) is 0.878. The van der Waals surface area contributed by atoms with E-state index >= 15 is 0 Å². The predicted molar refractivity (Wildman–Crippen MR) is 82.6 cm³/mol. The SMILES string of the molecule is C[C@H](O)c1cc(Cl)ccc1OCC(=O)NC1CCCCC1. The van der Waals surface area contributed by atoms with Crippen LogP contribution >= 0.6 is 11.6 Å². The minimum absolute atomic E-state index is 0.0438. The van der Waals surface area contributed by atoms with E-state index < -0.39 is 6.10 Å². The van der Waals surface area contributed by atoms with Crippen LogP contribution in [0.4, 0.5) is 0 Å². The summed E-state index contributed by atoms with van der Waals surface area (Å²) in [5.74, 6) is 0.376. The summed E-state index contributed by atoms with van der Waals surface area (Å²) in [7, 11) is 0. The zero-order chi connectivity index (χ0) is 15.2. The van der Waals surface area contributed by atoms with Crippen molar-refractivity contribution in [2.75, 3.05) is 6.61 Å². The highest BCUT2D eigenvalue weighted by Crippen LogP contribution is 2.28. The summed E-state index contributed by atoms with van der Waals surface area (Å²) in [4.78, 5) is 11.9. The van der Waals surface area contributed by atoms with E-state index in [1.807, 2.05) is 0 Å². The van der Waals surface area contributed by atoms with Gasteiger partial charge in [0.2, 0.25) is 0 Å². The standard InChI is InChI=1S/C16H22ClNO3/c1-11(19)14-9-12(17)7-8-15(14)21-10-16(20)18-13-5-3-2-4-6-13/h7-9,11,13,19H,2-6,10H2,1H3,(H,18,20)/t11-/m0/s1. The molecule has 1 aliphatic carbocycles. The molecule has 5 heteroatoms. The van der Waals surface area contributed by atoms with Gasteiger partial charge in [-0.3, -0.25) is 4.79 Å². The number of amides is 1. The van der Waals surface area contributed by atoms with Crippen LogP contribution in [0.3, 0.4) is 0 Å². The molecule has 0 bridgehead atoms. The first-order valence-corrected chi connectivity index (χ1v) is 7.83. The molecule has 1 atom stereocenters. The number of aliphatic hydroxyl groups excluding tert-OH is 1. The average molecular weight is 312 g/mol. The van der Waals surface area contributed by atoms with Gasteiger partial charge in [0, 0.05) is 16.6 Å². The minimum atomic E-state index is -0.694. The second-order valence-corrected chi connectivity index (χ2v) is 5.99. The number of hydrogen-bond donors (Lipinski definition) is 2. The van der Waals surface area contributed by atoms with Crippen molar-refractivity contribution in [2.45, 2.75) is 51.2 Å². The third kappa shape index (κ3) is 4.90. The number of halogens is 1. The van der Waals surface area contributed by atoms with Crippen LogP contribution in [0.15, 0.2) is 18.2 Å². The van der Waals surface area contributed by atoms with E-state index in [4.69, 9.17) is 16.3 Å². The Balaban J connectivity index is 1.88. The Bertz CT molecular complexity index is 484. The van der Waals surface area contributed by atoms with E-state index in [0.29, 0.717) is 16.3 Å². The fraction of sp³-hybridized carbons (Fsp3) is 0.562. The molecule has 1 aliphatic rings. The first-order chi connectivity index (χ1) is 10.1. The molecule has 0 spiro atoms. The second-order valence-electron chi connectivity index (χ2n) is 5.55. The van der Waals surface area contributed by atoms with Crippen LogP contribution in [-0.4, -0.2) is 23.7 Å². The van der Waals surface area contributed by atoms with Crippen molar-refractivity contribution in [3.05, 3.63) is 28.8 Å². The maximum atomic E-state index is 11.9. The van der Waals surface area contributed by atoms with E-state index in [0.717, 1.165) is 12.8 Å². The molecule has 0 heterocycles. The summed E-state index contributed by atoms with van der Waals surface area (Å²) in [5.41, 5.74) is 0.591. The molecule has 0 aromatic heterocycles. The summed E-state index contributed by atoms with van der Waals surface area (Å²) in [6.07, 6.45) is 5.01. The van der Waals surface area contributed by atoms with E-state index in [1.165, 1.54) is 19.3 Å². The Hall–Kier alpha value is -1.26. The molecule has 116 valence electrons. The molecule has 0 saturated heterocycles. The molecule has 21 heavy (non-hydrogen) atoms. The van der Waals surface area contributed by atoms with Crippen LogP contribution in [0, 0.1) is 0 Å². The van der Waals surface area contributed by atoms with E-state index in [9.17, 15) is 9.90 Å². The number of rotatable bonds is 5. The monoisotopic (exact) mass is 311 g/mol. The Kier molecular flexibility index (Phi) is 5.88. The molecule has 4 nitrogen and oxygen atoms in total. The first-order valence-electron chi connectivity index (χ1n) is 7.46. The smallest absolute Gasteiger partial charge is 0.258 e. The second kappa shape index (κ2) is 7.66. The molecule has 1 saturated carbocycles. The van der Waals surface area contributed by atoms with Crippen LogP contribution in [-0.2, 0) is 4.79 Å². The third-order valence-corrected chi connectivity index (χ3v) is 3.99. The molecule has 0 radical (unpaired) electrons. The fourth-order valence-electron chi connectivity index (χ4n) is 2.64. The van der Waals surface area contributed by atoms with Crippen molar-refractivity contribution in [2.24, 2.45) is 0 Å². The number of ether oxygens (including phenoxy) is 1. The molecule has 1 amide bonds. The summed E-state index contributed by atoms with van der Waals surface area (Å²) in [6, 6.07) is 5.29. The first kappa shape index (κ1) is 16.1. The van der Waals surface area contributed by atoms with Crippen molar-refractivity contribution >= 4 is 17.5 Å². The minimum Gasteiger partial charge on any atom is -0.483 e. The topological polar surface area (TPSA) is 58.6 Å². The van der Waals surface area contributed by atoms with Crippen molar-refractivity contribution in [1.29, 1.82) is 0 Å². The van der Waals surface area contributed by atoms with Crippen LogP contribution in [0.25, 0.3) is 0 Å². The lowest BCUT2D eigenvalue weighted by molar-refractivity contribution is -0.124. The molecule has 2 rings (SSSR count). The van der Waals surface area contributed by atoms with Gasteiger partial charge in [-0.1, -0.05) is 30.9 Å². The molecular formula is C16H22ClNO3. The number of carbonyl (C=O) groups is 1. The maximum absolute atomic E-state index is 11.9. The zero-order valence-corrected chi connectivity index (χ0v) is 13.0. The molecule has 0 aliphatic heterocycles. The van der Waals surface area contributed by atoms with Crippen molar-refractivity contribution in [1.82, 2.24) is 5.32 Å². The number of benzene rings is 1. The molecule has 1 aromatic rings. The number of carbonyl (C=O) groups excluding carboxylic acids is 1. The normalized spacial score (nSPS) is 17.3. The molecule has 2 N–H and O–H groups in total. The highest BCUT2D eigenvalue weighted by molar-refractivity contribution is 6.30. The number of aliphatic hydroxyl groups is 1. The van der Waals surface area contributed by atoms with E-state index in [2.05, 4.69) is 5.32 Å². The van der Waals surface area contributed by atoms with Gasteiger partial charge in [-0.25, -0.2) is 0 Å². The van der Waals surface area contributed by atoms with Gasteiger partial charge in [0.15, 0.2) is 6.61 Å². The van der Waals surface area contributed by atoms with Crippen molar-refractivity contribution in [3.8, 4) is 5.75 Å². The summed E-state index contributed by atoms with van der Waals surface area (Å²) in [6.45, 7) is 1.60. The molecule has 1 fully saturated rings. The third-order valence-electron chi connectivity index (χ3n) is 3.75. The van der Waals surface area contributed by atoms with E-state index in [-0.39, 0.29) is 18.6 Å². The largest absolute Gasteiger partial charge is 0.483 e. The Morgan fingerprint density at radius 3 is 2.81 bits per heavy atom.